The fourth-order valence-corrected chi connectivity index (χ4v) is 1.18. The number of hydrogen-bond acceptors (Lipinski definition) is 3. The van der Waals surface area contributed by atoms with Crippen LogP contribution in [-0.4, -0.2) is 23.2 Å². The smallest absolute Gasteiger partial charge is 0.325 e. The maximum atomic E-state index is 10.7. The topological polar surface area (TPSA) is 89.3 Å². The van der Waals surface area contributed by atoms with Crippen LogP contribution in [0.4, 0.5) is 0 Å². The molecule has 0 rings (SSSR count). The summed E-state index contributed by atoms with van der Waals surface area (Å²) in [6, 6.07) is 0. The summed E-state index contributed by atoms with van der Waals surface area (Å²) < 4.78 is 0. The van der Waals surface area contributed by atoms with Crippen molar-refractivity contribution in [2.75, 3.05) is 6.54 Å². The Labute approximate surface area is 72.9 Å². The van der Waals surface area contributed by atoms with E-state index in [4.69, 9.17) is 16.6 Å². The first kappa shape index (κ1) is 11.4. The zero-order valence-electron chi connectivity index (χ0n) is 7.92. The second-order valence-corrected chi connectivity index (χ2v) is 4.40. The van der Waals surface area contributed by atoms with Gasteiger partial charge in [-0.3, -0.25) is 4.79 Å². The molecule has 0 saturated heterocycles. The zero-order chi connectivity index (χ0) is 9.99. The molecule has 0 bridgehead atoms. The first-order valence-electron chi connectivity index (χ1n) is 3.94. The molecular weight excluding hydrogens is 156 g/mol. The minimum Gasteiger partial charge on any atom is -0.480 e. The van der Waals surface area contributed by atoms with Crippen LogP contribution in [0.3, 0.4) is 0 Å². The molecule has 0 unspecified atom stereocenters. The normalized spacial score (nSPS) is 17.1. The lowest BCUT2D eigenvalue weighted by molar-refractivity contribution is -0.144. The average Bonchev–Trinajstić information content (AvgIpc) is 1.83. The first-order valence-corrected chi connectivity index (χ1v) is 3.94. The van der Waals surface area contributed by atoms with Crippen LogP contribution in [0.25, 0.3) is 0 Å². The third-order valence-electron chi connectivity index (χ3n) is 1.64. The van der Waals surface area contributed by atoms with Crippen molar-refractivity contribution in [2.45, 2.75) is 32.7 Å². The lowest BCUT2D eigenvalue weighted by atomic mass is 9.80. The molecule has 0 aromatic carbocycles. The molecule has 72 valence electrons. The average molecular weight is 174 g/mol. The molecule has 0 amide bonds. The number of hydrogen-bond donors (Lipinski definition) is 3. The number of rotatable bonds is 3. The standard InChI is InChI=1S/C8H18N2O2/c1-7(2,3)4-8(10,5-9)6(11)12/h4-5,9-10H2,1-3H3,(H,11,12)/t8-/m1/s1. The summed E-state index contributed by atoms with van der Waals surface area (Å²) >= 11 is 0. The van der Waals surface area contributed by atoms with E-state index in [0.29, 0.717) is 6.42 Å². The Kier molecular flexibility index (Phi) is 3.24. The molecule has 1 atom stereocenters. The Balaban J connectivity index is 4.46. The Morgan fingerprint density at radius 3 is 1.92 bits per heavy atom. The van der Waals surface area contributed by atoms with Gasteiger partial charge in [-0.1, -0.05) is 20.8 Å². The number of carboxylic acid groups (broad SMARTS) is 1. The van der Waals surface area contributed by atoms with Crippen LogP contribution < -0.4 is 11.5 Å². The maximum absolute atomic E-state index is 10.7. The van der Waals surface area contributed by atoms with E-state index in [9.17, 15) is 4.79 Å². The van der Waals surface area contributed by atoms with Crippen LogP contribution in [0.2, 0.25) is 0 Å². The molecule has 0 aromatic rings. The van der Waals surface area contributed by atoms with E-state index < -0.39 is 11.5 Å². The van der Waals surface area contributed by atoms with Gasteiger partial charge in [-0.15, -0.1) is 0 Å². The minimum atomic E-state index is -1.28. The van der Waals surface area contributed by atoms with Crippen LogP contribution in [0.5, 0.6) is 0 Å². The van der Waals surface area contributed by atoms with Crippen molar-refractivity contribution in [3.8, 4) is 0 Å². The van der Waals surface area contributed by atoms with Crippen molar-refractivity contribution in [3.63, 3.8) is 0 Å². The Morgan fingerprint density at radius 2 is 1.83 bits per heavy atom. The molecule has 0 aromatic heterocycles. The largest absolute Gasteiger partial charge is 0.480 e. The van der Waals surface area contributed by atoms with E-state index in [2.05, 4.69) is 0 Å². The highest BCUT2D eigenvalue weighted by Crippen LogP contribution is 2.25. The van der Waals surface area contributed by atoms with Crippen molar-refractivity contribution >= 4 is 5.97 Å². The third-order valence-corrected chi connectivity index (χ3v) is 1.64. The van der Waals surface area contributed by atoms with E-state index >= 15 is 0 Å². The quantitative estimate of drug-likeness (QED) is 0.568. The maximum Gasteiger partial charge on any atom is 0.325 e. The zero-order valence-corrected chi connectivity index (χ0v) is 7.92. The fourth-order valence-electron chi connectivity index (χ4n) is 1.18. The first-order chi connectivity index (χ1) is 5.21. The van der Waals surface area contributed by atoms with Crippen molar-refractivity contribution in [1.82, 2.24) is 0 Å². The molecule has 0 spiro atoms. The molecule has 4 heteroatoms. The SMILES string of the molecule is CC(C)(C)C[C@@](N)(CN)C(=O)O. The van der Waals surface area contributed by atoms with Crippen LogP contribution in [0.15, 0.2) is 0 Å². The summed E-state index contributed by atoms with van der Waals surface area (Å²) in [5.41, 5.74) is 9.51. The van der Waals surface area contributed by atoms with Gasteiger partial charge in [0.25, 0.3) is 0 Å². The summed E-state index contributed by atoms with van der Waals surface area (Å²) in [6.45, 7) is 5.78. The predicted octanol–water partition coefficient (Wildman–Crippen LogP) is 0.163. The lowest BCUT2D eigenvalue weighted by Gasteiger charge is -2.30. The Bertz CT molecular complexity index is 174. The van der Waals surface area contributed by atoms with E-state index in [0.717, 1.165) is 0 Å². The highest BCUT2D eigenvalue weighted by Gasteiger charge is 2.36. The number of nitrogens with two attached hydrogens (primary N) is 2. The number of aliphatic carboxylic acids is 1. The number of carbonyl (C=O) groups is 1. The summed E-state index contributed by atoms with van der Waals surface area (Å²) in [4.78, 5) is 10.7. The molecule has 0 heterocycles. The molecule has 0 aliphatic carbocycles. The van der Waals surface area contributed by atoms with Gasteiger partial charge in [0, 0.05) is 6.54 Å². The second-order valence-electron chi connectivity index (χ2n) is 4.40. The van der Waals surface area contributed by atoms with Gasteiger partial charge < -0.3 is 16.6 Å². The van der Waals surface area contributed by atoms with Crippen molar-refractivity contribution < 1.29 is 9.90 Å². The highest BCUT2D eigenvalue weighted by molar-refractivity contribution is 5.78. The molecule has 12 heavy (non-hydrogen) atoms. The van der Waals surface area contributed by atoms with Crippen LogP contribution in [-0.2, 0) is 4.79 Å². The van der Waals surface area contributed by atoms with Crippen molar-refractivity contribution in [2.24, 2.45) is 16.9 Å². The summed E-state index contributed by atoms with van der Waals surface area (Å²) in [7, 11) is 0. The molecule has 4 nitrogen and oxygen atoms in total. The van der Waals surface area contributed by atoms with E-state index in [1.807, 2.05) is 20.8 Å². The molecule has 0 aliphatic heterocycles. The van der Waals surface area contributed by atoms with Gasteiger partial charge in [0.15, 0.2) is 0 Å². The van der Waals surface area contributed by atoms with Crippen molar-refractivity contribution in [3.05, 3.63) is 0 Å². The van der Waals surface area contributed by atoms with Gasteiger partial charge in [0.1, 0.15) is 5.54 Å². The van der Waals surface area contributed by atoms with Gasteiger partial charge >= 0.3 is 5.97 Å². The molecule has 0 radical (unpaired) electrons. The number of carboxylic acids is 1. The minimum absolute atomic E-state index is 0.0282. The van der Waals surface area contributed by atoms with Crippen LogP contribution in [0, 0.1) is 5.41 Å². The fraction of sp³-hybridized carbons (Fsp3) is 0.875. The summed E-state index contributed by atoms with van der Waals surface area (Å²) in [6.07, 6.45) is 0.381. The molecule has 0 aliphatic rings. The summed E-state index contributed by atoms with van der Waals surface area (Å²) in [5.74, 6) is -1.03. The van der Waals surface area contributed by atoms with Gasteiger partial charge in [-0.05, 0) is 11.8 Å². The molecule has 5 N–H and O–H groups in total. The lowest BCUT2D eigenvalue weighted by Crippen LogP contribution is -2.55. The van der Waals surface area contributed by atoms with Gasteiger partial charge in [-0.2, -0.15) is 0 Å². The van der Waals surface area contributed by atoms with Crippen LogP contribution in [0.1, 0.15) is 27.2 Å². The highest BCUT2D eigenvalue weighted by atomic mass is 16.4. The Morgan fingerprint density at radius 1 is 1.42 bits per heavy atom. The van der Waals surface area contributed by atoms with Gasteiger partial charge in [0.2, 0.25) is 0 Å². The van der Waals surface area contributed by atoms with E-state index in [1.54, 1.807) is 0 Å². The second kappa shape index (κ2) is 3.41. The molecular formula is C8H18N2O2. The molecule has 0 fully saturated rings. The predicted molar refractivity (Wildman–Crippen MR) is 47.7 cm³/mol. The Hall–Kier alpha value is -0.610. The van der Waals surface area contributed by atoms with E-state index in [1.165, 1.54) is 0 Å². The van der Waals surface area contributed by atoms with E-state index in [-0.39, 0.29) is 12.0 Å². The van der Waals surface area contributed by atoms with Crippen molar-refractivity contribution in [1.29, 1.82) is 0 Å². The third kappa shape index (κ3) is 3.19. The molecule has 0 saturated carbocycles. The monoisotopic (exact) mass is 174 g/mol. The van der Waals surface area contributed by atoms with Crippen LogP contribution >= 0.6 is 0 Å². The summed E-state index contributed by atoms with van der Waals surface area (Å²) in [5, 5.41) is 8.79. The van der Waals surface area contributed by atoms with Gasteiger partial charge in [0.05, 0.1) is 0 Å². The van der Waals surface area contributed by atoms with Gasteiger partial charge in [-0.25, -0.2) is 0 Å².